The van der Waals surface area contributed by atoms with Gasteiger partial charge in [0.2, 0.25) is 0 Å². The van der Waals surface area contributed by atoms with E-state index in [0.29, 0.717) is 18.7 Å². The Balaban J connectivity index is 1.90. The van der Waals surface area contributed by atoms with Crippen LogP contribution in [0.3, 0.4) is 0 Å². The monoisotopic (exact) mass is 259 g/mol. The zero-order chi connectivity index (χ0) is 13.7. The molecular weight excluding hydrogens is 241 g/mol. The van der Waals surface area contributed by atoms with Crippen LogP contribution >= 0.6 is 0 Å². The predicted molar refractivity (Wildman–Crippen MR) is 74.4 cm³/mol. The van der Waals surface area contributed by atoms with E-state index in [-0.39, 0.29) is 11.6 Å². The second-order valence-corrected chi connectivity index (χ2v) is 4.55. The minimum Gasteiger partial charge on any atom is -0.508 e. The lowest BCUT2D eigenvalue weighted by Crippen LogP contribution is -2.12. The molecule has 0 heterocycles. The van der Waals surface area contributed by atoms with Crippen molar-refractivity contribution in [3.8, 4) is 5.75 Å². The molecule has 0 fully saturated rings. The van der Waals surface area contributed by atoms with Gasteiger partial charge in [0.05, 0.1) is 0 Å². The second kappa shape index (κ2) is 6.34. The standard InChI is InChI=1S/C16H18FNO/c1-2-12-3-5-13(6-4-12)10-18-11-14-9-15(17)7-8-16(14)19/h3-9,18-19H,2,10-11H2,1H3. The average molecular weight is 259 g/mol. The van der Waals surface area contributed by atoms with E-state index in [1.54, 1.807) is 0 Å². The van der Waals surface area contributed by atoms with Gasteiger partial charge in [-0.3, -0.25) is 0 Å². The Kier molecular flexibility index (Phi) is 4.53. The van der Waals surface area contributed by atoms with Crippen molar-refractivity contribution in [2.45, 2.75) is 26.4 Å². The van der Waals surface area contributed by atoms with Crippen molar-refractivity contribution < 1.29 is 9.50 Å². The van der Waals surface area contributed by atoms with Crippen LogP contribution in [0.2, 0.25) is 0 Å². The molecule has 100 valence electrons. The molecule has 2 nitrogen and oxygen atoms in total. The summed E-state index contributed by atoms with van der Waals surface area (Å²) in [6.45, 7) is 3.26. The molecule has 2 N–H and O–H groups in total. The predicted octanol–water partition coefficient (Wildman–Crippen LogP) is 3.38. The van der Waals surface area contributed by atoms with Crippen LogP contribution < -0.4 is 5.32 Å². The van der Waals surface area contributed by atoms with Crippen LogP contribution in [-0.4, -0.2) is 5.11 Å². The van der Waals surface area contributed by atoms with Gasteiger partial charge in [0.1, 0.15) is 11.6 Å². The maximum Gasteiger partial charge on any atom is 0.123 e. The molecule has 0 unspecified atom stereocenters. The molecule has 0 aliphatic heterocycles. The van der Waals surface area contributed by atoms with Crippen molar-refractivity contribution in [3.63, 3.8) is 0 Å². The maximum atomic E-state index is 13.0. The third kappa shape index (κ3) is 3.80. The highest BCUT2D eigenvalue weighted by Gasteiger charge is 2.02. The summed E-state index contributed by atoms with van der Waals surface area (Å²) in [5.74, 6) is -0.211. The molecule has 0 saturated carbocycles. The largest absolute Gasteiger partial charge is 0.508 e. The number of rotatable bonds is 5. The van der Waals surface area contributed by atoms with E-state index in [1.165, 1.54) is 29.3 Å². The van der Waals surface area contributed by atoms with Gasteiger partial charge < -0.3 is 10.4 Å². The summed E-state index contributed by atoms with van der Waals surface area (Å²) < 4.78 is 13.0. The molecule has 0 bridgehead atoms. The summed E-state index contributed by atoms with van der Waals surface area (Å²) in [6, 6.07) is 12.4. The Morgan fingerprint density at radius 1 is 1.00 bits per heavy atom. The molecule has 2 aromatic rings. The number of phenols is 1. The van der Waals surface area contributed by atoms with E-state index in [1.807, 2.05) is 0 Å². The quantitative estimate of drug-likeness (QED) is 0.862. The van der Waals surface area contributed by atoms with Gasteiger partial charge in [-0.2, -0.15) is 0 Å². The van der Waals surface area contributed by atoms with Crippen LogP contribution in [0, 0.1) is 5.82 Å². The van der Waals surface area contributed by atoms with Crippen LogP contribution in [0.4, 0.5) is 4.39 Å². The first-order chi connectivity index (χ1) is 9.19. The van der Waals surface area contributed by atoms with Crippen LogP contribution in [0.25, 0.3) is 0 Å². The molecule has 0 radical (unpaired) electrons. The average Bonchev–Trinajstić information content (AvgIpc) is 2.43. The zero-order valence-corrected chi connectivity index (χ0v) is 11.0. The van der Waals surface area contributed by atoms with Crippen LogP contribution in [-0.2, 0) is 19.5 Å². The molecule has 0 spiro atoms. The Hall–Kier alpha value is -1.87. The second-order valence-electron chi connectivity index (χ2n) is 4.55. The first-order valence-corrected chi connectivity index (χ1v) is 6.45. The fourth-order valence-electron chi connectivity index (χ4n) is 1.93. The minimum atomic E-state index is -0.332. The van der Waals surface area contributed by atoms with E-state index in [9.17, 15) is 9.50 Å². The lowest BCUT2D eigenvalue weighted by atomic mass is 10.1. The Labute approximate surface area is 112 Å². The lowest BCUT2D eigenvalue weighted by Gasteiger charge is -2.07. The fourth-order valence-corrected chi connectivity index (χ4v) is 1.93. The van der Waals surface area contributed by atoms with Gasteiger partial charge in [0.15, 0.2) is 0 Å². The summed E-state index contributed by atoms with van der Waals surface area (Å²) in [4.78, 5) is 0. The summed E-state index contributed by atoms with van der Waals surface area (Å²) >= 11 is 0. The molecule has 0 atom stereocenters. The third-order valence-corrected chi connectivity index (χ3v) is 3.12. The molecule has 0 saturated heterocycles. The Bertz CT molecular complexity index is 537. The number of halogens is 1. The van der Waals surface area contributed by atoms with Crippen molar-refractivity contribution in [2.24, 2.45) is 0 Å². The summed E-state index contributed by atoms with van der Waals surface area (Å²) in [5, 5.41) is 12.8. The lowest BCUT2D eigenvalue weighted by molar-refractivity contribution is 0.461. The van der Waals surface area contributed by atoms with Gasteiger partial charge in [-0.25, -0.2) is 4.39 Å². The van der Waals surface area contributed by atoms with E-state index in [4.69, 9.17) is 0 Å². The molecular formula is C16H18FNO. The fraction of sp³-hybridized carbons (Fsp3) is 0.250. The Morgan fingerprint density at radius 2 is 1.68 bits per heavy atom. The van der Waals surface area contributed by atoms with E-state index in [0.717, 1.165) is 6.42 Å². The number of hydrogen-bond donors (Lipinski definition) is 2. The van der Waals surface area contributed by atoms with E-state index in [2.05, 4.69) is 36.5 Å². The summed E-state index contributed by atoms with van der Waals surface area (Å²) in [7, 11) is 0. The van der Waals surface area contributed by atoms with Crippen LogP contribution in [0.1, 0.15) is 23.6 Å². The van der Waals surface area contributed by atoms with Crippen LogP contribution in [0.5, 0.6) is 5.75 Å². The zero-order valence-electron chi connectivity index (χ0n) is 11.0. The first kappa shape index (κ1) is 13.6. The van der Waals surface area contributed by atoms with Gasteiger partial charge in [0.25, 0.3) is 0 Å². The maximum absolute atomic E-state index is 13.0. The first-order valence-electron chi connectivity index (χ1n) is 6.45. The van der Waals surface area contributed by atoms with Crippen molar-refractivity contribution in [2.75, 3.05) is 0 Å². The summed E-state index contributed by atoms with van der Waals surface area (Å²) in [6.07, 6.45) is 1.03. The molecule has 19 heavy (non-hydrogen) atoms. The SMILES string of the molecule is CCc1ccc(CNCc2cc(F)ccc2O)cc1. The normalized spacial score (nSPS) is 10.6. The molecule has 3 heteroatoms. The van der Waals surface area contributed by atoms with E-state index >= 15 is 0 Å². The highest BCUT2D eigenvalue weighted by atomic mass is 19.1. The summed E-state index contributed by atoms with van der Waals surface area (Å²) in [5.41, 5.74) is 3.06. The minimum absolute atomic E-state index is 0.121. The molecule has 0 aliphatic rings. The molecule has 0 amide bonds. The number of hydrogen-bond acceptors (Lipinski definition) is 2. The number of benzene rings is 2. The number of aryl methyl sites for hydroxylation is 1. The van der Waals surface area contributed by atoms with Gasteiger partial charge in [0, 0.05) is 18.7 Å². The molecule has 2 rings (SSSR count). The van der Waals surface area contributed by atoms with Crippen molar-refractivity contribution in [3.05, 3.63) is 65.0 Å². The van der Waals surface area contributed by atoms with Crippen molar-refractivity contribution in [1.29, 1.82) is 0 Å². The number of nitrogens with one attached hydrogen (secondary N) is 1. The van der Waals surface area contributed by atoms with Gasteiger partial charge >= 0.3 is 0 Å². The van der Waals surface area contributed by atoms with E-state index < -0.39 is 0 Å². The van der Waals surface area contributed by atoms with Gasteiger partial charge in [-0.05, 0) is 35.7 Å². The number of aromatic hydroxyl groups is 1. The highest BCUT2D eigenvalue weighted by molar-refractivity contribution is 5.32. The third-order valence-electron chi connectivity index (χ3n) is 3.12. The molecule has 0 aromatic heterocycles. The molecule has 0 aliphatic carbocycles. The topological polar surface area (TPSA) is 32.3 Å². The molecule has 2 aromatic carbocycles. The number of phenolic OH excluding ortho intramolecular Hbond substituents is 1. The highest BCUT2D eigenvalue weighted by Crippen LogP contribution is 2.17. The van der Waals surface area contributed by atoms with Crippen molar-refractivity contribution in [1.82, 2.24) is 5.32 Å². The van der Waals surface area contributed by atoms with Gasteiger partial charge in [-0.1, -0.05) is 31.2 Å². The smallest absolute Gasteiger partial charge is 0.123 e. The van der Waals surface area contributed by atoms with Gasteiger partial charge in [-0.15, -0.1) is 0 Å². The van der Waals surface area contributed by atoms with Crippen LogP contribution in [0.15, 0.2) is 42.5 Å². The Morgan fingerprint density at radius 3 is 2.37 bits per heavy atom. The van der Waals surface area contributed by atoms with Crippen molar-refractivity contribution >= 4 is 0 Å².